The molecule has 114 valence electrons. The van der Waals surface area contributed by atoms with E-state index < -0.39 is 0 Å². The van der Waals surface area contributed by atoms with E-state index in [2.05, 4.69) is 22.0 Å². The van der Waals surface area contributed by atoms with Gasteiger partial charge in [0, 0.05) is 17.9 Å². The van der Waals surface area contributed by atoms with E-state index in [0.717, 1.165) is 29.2 Å². The Morgan fingerprint density at radius 2 is 1.48 bits per heavy atom. The van der Waals surface area contributed by atoms with Crippen molar-refractivity contribution in [2.45, 2.75) is 51.5 Å². The molecule has 1 aromatic carbocycles. The van der Waals surface area contributed by atoms with Crippen LogP contribution in [0.5, 0.6) is 0 Å². The Balaban J connectivity index is 1.81. The maximum atomic E-state index is 12.0. The largest absolute Gasteiger partial charge is 0.308 e. The highest BCUT2D eigenvalue weighted by atomic mass is 79.9. The van der Waals surface area contributed by atoms with Crippen molar-refractivity contribution in [3.05, 3.63) is 46.8 Å². The SMILES string of the molecule is O=c1ccc2ccccc2n1CCCCCCCCCBr. The molecule has 2 nitrogen and oxygen atoms in total. The Kier molecular flexibility index (Phi) is 7.01. The first-order valence-corrected chi connectivity index (χ1v) is 9.09. The standard InChI is InChI=1S/C18H24BrNO/c19-14-8-4-2-1-3-5-9-15-20-17-11-7-6-10-16(17)12-13-18(20)21/h6-7,10-13H,1-5,8-9,14-15H2. The minimum absolute atomic E-state index is 0.117. The number of pyridine rings is 1. The van der Waals surface area contributed by atoms with Gasteiger partial charge in [0.15, 0.2) is 0 Å². The maximum absolute atomic E-state index is 12.0. The molecule has 0 aliphatic carbocycles. The zero-order valence-electron chi connectivity index (χ0n) is 12.6. The van der Waals surface area contributed by atoms with Crippen molar-refractivity contribution in [1.29, 1.82) is 0 Å². The highest BCUT2D eigenvalue weighted by molar-refractivity contribution is 9.09. The number of para-hydroxylation sites is 1. The van der Waals surface area contributed by atoms with Gasteiger partial charge >= 0.3 is 0 Å². The van der Waals surface area contributed by atoms with Crippen molar-refractivity contribution in [1.82, 2.24) is 4.57 Å². The Bertz CT molecular complexity index is 605. The van der Waals surface area contributed by atoms with Crippen LogP contribution in [0.3, 0.4) is 0 Å². The number of aromatic nitrogens is 1. The average Bonchev–Trinajstić information content (AvgIpc) is 2.51. The van der Waals surface area contributed by atoms with Gasteiger partial charge in [-0.05, 0) is 30.4 Å². The van der Waals surface area contributed by atoms with Crippen LogP contribution in [-0.4, -0.2) is 9.90 Å². The molecule has 0 bridgehead atoms. The molecule has 0 amide bonds. The van der Waals surface area contributed by atoms with Crippen molar-refractivity contribution < 1.29 is 0 Å². The molecule has 2 aromatic rings. The summed E-state index contributed by atoms with van der Waals surface area (Å²) in [4.78, 5) is 12.0. The number of alkyl halides is 1. The molecule has 3 heteroatoms. The van der Waals surface area contributed by atoms with Crippen LogP contribution >= 0.6 is 15.9 Å². The summed E-state index contributed by atoms with van der Waals surface area (Å²) in [5.74, 6) is 0. The van der Waals surface area contributed by atoms with Gasteiger partial charge in [-0.25, -0.2) is 0 Å². The molecular weight excluding hydrogens is 326 g/mol. The van der Waals surface area contributed by atoms with Gasteiger partial charge in [-0.15, -0.1) is 0 Å². The lowest BCUT2D eigenvalue weighted by Crippen LogP contribution is -2.19. The summed E-state index contributed by atoms with van der Waals surface area (Å²) in [6.07, 6.45) is 8.84. The molecule has 0 fully saturated rings. The number of nitrogens with zero attached hydrogens (tertiary/aromatic N) is 1. The number of halogens is 1. The minimum atomic E-state index is 0.117. The van der Waals surface area contributed by atoms with E-state index >= 15 is 0 Å². The molecular formula is C18H24BrNO. The van der Waals surface area contributed by atoms with E-state index in [9.17, 15) is 4.79 Å². The molecule has 0 saturated carbocycles. The van der Waals surface area contributed by atoms with Crippen molar-refractivity contribution >= 4 is 26.8 Å². The van der Waals surface area contributed by atoms with Crippen molar-refractivity contribution in [2.75, 3.05) is 5.33 Å². The van der Waals surface area contributed by atoms with E-state index in [0.29, 0.717) is 0 Å². The van der Waals surface area contributed by atoms with Gasteiger partial charge in [0.05, 0.1) is 5.52 Å². The lowest BCUT2D eigenvalue weighted by atomic mass is 10.1. The second-order valence-electron chi connectivity index (χ2n) is 5.55. The first kappa shape index (κ1) is 16.3. The molecule has 0 saturated heterocycles. The molecule has 21 heavy (non-hydrogen) atoms. The number of aryl methyl sites for hydroxylation is 1. The van der Waals surface area contributed by atoms with Crippen LogP contribution in [0.2, 0.25) is 0 Å². The van der Waals surface area contributed by atoms with Crippen LogP contribution in [-0.2, 0) is 6.54 Å². The normalized spacial score (nSPS) is 11.1. The van der Waals surface area contributed by atoms with Gasteiger partial charge in [0.25, 0.3) is 5.56 Å². The zero-order valence-corrected chi connectivity index (χ0v) is 14.1. The smallest absolute Gasteiger partial charge is 0.251 e. The number of rotatable bonds is 9. The first-order valence-electron chi connectivity index (χ1n) is 7.97. The Morgan fingerprint density at radius 3 is 2.24 bits per heavy atom. The topological polar surface area (TPSA) is 22.0 Å². The lowest BCUT2D eigenvalue weighted by molar-refractivity contribution is 0.551. The number of hydrogen-bond acceptors (Lipinski definition) is 1. The van der Waals surface area contributed by atoms with Gasteiger partial charge in [0.1, 0.15) is 0 Å². The zero-order chi connectivity index (χ0) is 14.9. The molecule has 2 rings (SSSR count). The molecule has 0 radical (unpaired) electrons. The predicted molar refractivity (Wildman–Crippen MR) is 94.3 cm³/mol. The minimum Gasteiger partial charge on any atom is -0.308 e. The second kappa shape index (κ2) is 9.04. The van der Waals surface area contributed by atoms with Crippen LogP contribution in [0.4, 0.5) is 0 Å². The van der Waals surface area contributed by atoms with E-state index in [4.69, 9.17) is 0 Å². The molecule has 0 spiro atoms. The van der Waals surface area contributed by atoms with E-state index in [1.165, 1.54) is 38.5 Å². The summed E-state index contributed by atoms with van der Waals surface area (Å²) in [5, 5.41) is 2.27. The molecule has 0 atom stereocenters. The van der Waals surface area contributed by atoms with Crippen LogP contribution in [0.25, 0.3) is 10.9 Å². The van der Waals surface area contributed by atoms with Gasteiger partial charge in [-0.3, -0.25) is 4.79 Å². The Morgan fingerprint density at radius 1 is 0.810 bits per heavy atom. The highest BCUT2D eigenvalue weighted by Crippen LogP contribution is 2.13. The Labute approximate surface area is 135 Å². The molecule has 0 unspecified atom stereocenters. The number of fused-ring (bicyclic) bond motifs is 1. The number of benzene rings is 1. The van der Waals surface area contributed by atoms with Gasteiger partial charge < -0.3 is 4.57 Å². The summed E-state index contributed by atoms with van der Waals surface area (Å²) in [7, 11) is 0. The Hall–Kier alpha value is -1.09. The summed E-state index contributed by atoms with van der Waals surface area (Å²) in [6, 6.07) is 11.7. The van der Waals surface area contributed by atoms with Gasteiger partial charge in [-0.2, -0.15) is 0 Å². The predicted octanol–water partition coefficient (Wildman–Crippen LogP) is 5.13. The molecule has 0 N–H and O–H groups in total. The average molecular weight is 350 g/mol. The van der Waals surface area contributed by atoms with Crippen LogP contribution < -0.4 is 5.56 Å². The van der Waals surface area contributed by atoms with E-state index in [1.54, 1.807) is 6.07 Å². The molecule has 0 aliphatic rings. The third-order valence-corrected chi connectivity index (χ3v) is 4.48. The fraction of sp³-hybridized carbons (Fsp3) is 0.500. The molecule has 1 aromatic heterocycles. The van der Waals surface area contributed by atoms with Crippen molar-refractivity contribution in [3.8, 4) is 0 Å². The van der Waals surface area contributed by atoms with Crippen LogP contribution in [0.1, 0.15) is 44.9 Å². The summed E-state index contributed by atoms with van der Waals surface area (Å²) < 4.78 is 1.92. The number of unbranched alkanes of at least 4 members (excludes halogenated alkanes) is 6. The van der Waals surface area contributed by atoms with Crippen LogP contribution in [0, 0.1) is 0 Å². The fourth-order valence-electron chi connectivity index (χ4n) is 2.72. The monoisotopic (exact) mass is 349 g/mol. The van der Waals surface area contributed by atoms with Gasteiger partial charge in [0.2, 0.25) is 0 Å². The third-order valence-electron chi connectivity index (χ3n) is 3.91. The first-order chi connectivity index (χ1) is 10.3. The van der Waals surface area contributed by atoms with E-state index in [1.807, 2.05) is 28.8 Å². The van der Waals surface area contributed by atoms with Crippen LogP contribution in [0.15, 0.2) is 41.2 Å². The molecule has 0 aliphatic heterocycles. The highest BCUT2D eigenvalue weighted by Gasteiger charge is 2.02. The van der Waals surface area contributed by atoms with Crippen molar-refractivity contribution in [2.24, 2.45) is 0 Å². The lowest BCUT2D eigenvalue weighted by Gasteiger charge is -2.09. The summed E-state index contributed by atoms with van der Waals surface area (Å²) in [6.45, 7) is 0.835. The fourth-order valence-corrected chi connectivity index (χ4v) is 3.12. The maximum Gasteiger partial charge on any atom is 0.251 e. The molecule has 1 heterocycles. The second-order valence-corrected chi connectivity index (χ2v) is 6.34. The van der Waals surface area contributed by atoms with Crippen molar-refractivity contribution in [3.63, 3.8) is 0 Å². The quantitative estimate of drug-likeness (QED) is 0.454. The summed E-state index contributed by atoms with van der Waals surface area (Å²) in [5.41, 5.74) is 1.17. The third kappa shape index (κ3) is 4.99. The van der Waals surface area contributed by atoms with E-state index in [-0.39, 0.29) is 5.56 Å². The number of hydrogen-bond donors (Lipinski definition) is 0. The summed E-state index contributed by atoms with van der Waals surface area (Å²) >= 11 is 3.46. The van der Waals surface area contributed by atoms with Gasteiger partial charge in [-0.1, -0.05) is 66.2 Å².